The smallest absolute Gasteiger partial charge is 0.267 e. The largest absolute Gasteiger partial charge is 0.332 e. The lowest BCUT2D eigenvalue weighted by atomic mass is 10.1. The highest BCUT2D eigenvalue weighted by Gasteiger charge is 2.15. The van der Waals surface area contributed by atoms with Crippen molar-refractivity contribution in [3.05, 3.63) is 70.5 Å². The van der Waals surface area contributed by atoms with E-state index in [1.165, 1.54) is 29.0 Å². The van der Waals surface area contributed by atoms with Gasteiger partial charge in [0.25, 0.3) is 5.91 Å². The van der Waals surface area contributed by atoms with Gasteiger partial charge in [0, 0.05) is 11.4 Å². The topological polar surface area (TPSA) is 54.0 Å². The van der Waals surface area contributed by atoms with Crippen LogP contribution in [0.15, 0.2) is 48.5 Å². The second-order valence-electron chi connectivity index (χ2n) is 5.57. The molecule has 128 valence electrons. The summed E-state index contributed by atoms with van der Waals surface area (Å²) in [6.07, 6.45) is 0.959. The highest BCUT2D eigenvalue weighted by atomic mass is 32.1. The molecule has 4 nitrogen and oxygen atoms in total. The van der Waals surface area contributed by atoms with Crippen molar-refractivity contribution in [2.24, 2.45) is 0 Å². The molecule has 0 aliphatic carbocycles. The van der Waals surface area contributed by atoms with Crippen LogP contribution in [0, 0.1) is 12.7 Å². The number of rotatable bonds is 5. The van der Waals surface area contributed by atoms with Gasteiger partial charge in [-0.25, -0.2) is 9.37 Å². The van der Waals surface area contributed by atoms with E-state index in [-0.39, 0.29) is 11.7 Å². The highest BCUT2D eigenvalue weighted by molar-refractivity contribution is 7.17. The van der Waals surface area contributed by atoms with Crippen LogP contribution in [0.5, 0.6) is 0 Å². The van der Waals surface area contributed by atoms with Crippen molar-refractivity contribution in [3.8, 4) is 0 Å². The number of aryl methyl sites for hydroxylation is 2. The maximum atomic E-state index is 13.0. The third kappa shape index (κ3) is 4.22. The van der Waals surface area contributed by atoms with Crippen LogP contribution in [-0.2, 0) is 6.42 Å². The molecule has 0 spiro atoms. The van der Waals surface area contributed by atoms with Gasteiger partial charge in [0.05, 0.1) is 5.69 Å². The maximum Gasteiger partial charge on any atom is 0.267 e. The molecule has 0 saturated carbocycles. The van der Waals surface area contributed by atoms with Crippen molar-refractivity contribution in [1.29, 1.82) is 0 Å². The Bertz CT molecular complexity index is 873. The number of halogens is 1. The molecule has 2 aromatic carbocycles. The molecule has 6 heteroatoms. The molecule has 0 fully saturated rings. The van der Waals surface area contributed by atoms with Gasteiger partial charge in [-0.15, -0.1) is 0 Å². The highest BCUT2D eigenvalue weighted by Crippen LogP contribution is 2.26. The van der Waals surface area contributed by atoms with Crippen LogP contribution in [0.25, 0.3) is 0 Å². The Morgan fingerprint density at radius 2 is 1.72 bits per heavy atom. The van der Waals surface area contributed by atoms with Crippen LogP contribution in [0.3, 0.4) is 0 Å². The number of carbonyl (C=O) groups excluding carboxylic acids is 1. The molecule has 3 aromatic rings. The minimum atomic E-state index is -0.296. The van der Waals surface area contributed by atoms with E-state index in [9.17, 15) is 9.18 Å². The van der Waals surface area contributed by atoms with Crippen LogP contribution in [-0.4, -0.2) is 10.9 Å². The number of benzene rings is 2. The average Bonchev–Trinajstić information content (AvgIpc) is 2.98. The van der Waals surface area contributed by atoms with E-state index in [2.05, 4.69) is 22.5 Å². The number of carbonyl (C=O) groups is 1. The molecule has 0 radical (unpaired) electrons. The SMILES string of the molecule is CCc1ccc(NC(=O)c2sc(Nc3ccc(F)cc3)nc2C)cc1. The van der Waals surface area contributed by atoms with E-state index in [0.29, 0.717) is 15.7 Å². The number of hydrogen-bond donors (Lipinski definition) is 2. The second kappa shape index (κ2) is 7.44. The Labute approximate surface area is 149 Å². The lowest BCUT2D eigenvalue weighted by Gasteiger charge is -2.05. The van der Waals surface area contributed by atoms with Crippen molar-refractivity contribution in [1.82, 2.24) is 4.98 Å². The zero-order chi connectivity index (χ0) is 17.8. The summed E-state index contributed by atoms with van der Waals surface area (Å²) in [6, 6.07) is 13.8. The summed E-state index contributed by atoms with van der Waals surface area (Å²) >= 11 is 1.27. The summed E-state index contributed by atoms with van der Waals surface area (Å²) in [5, 5.41) is 6.57. The first-order chi connectivity index (χ1) is 12.0. The van der Waals surface area contributed by atoms with E-state index < -0.39 is 0 Å². The fourth-order valence-electron chi connectivity index (χ4n) is 2.33. The molecule has 0 bridgehead atoms. The third-order valence-electron chi connectivity index (χ3n) is 3.72. The zero-order valence-electron chi connectivity index (χ0n) is 14.0. The predicted octanol–water partition coefficient (Wildman–Crippen LogP) is 5.15. The summed E-state index contributed by atoms with van der Waals surface area (Å²) in [7, 11) is 0. The first-order valence-electron chi connectivity index (χ1n) is 7.95. The van der Waals surface area contributed by atoms with E-state index in [1.54, 1.807) is 19.1 Å². The van der Waals surface area contributed by atoms with Crippen LogP contribution in [0.2, 0.25) is 0 Å². The minimum Gasteiger partial charge on any atom is -0.332 e. The van der Waals surface area contributed by atoms with Crippen LogP contribution in [0.1, 0.15) is 27.9 Å². The molecule has 3 rings (SSSR count). The van der Waals surface area contributed by atoms with E-state index in [4.69, 9.17) is 0 Å². The number of thiazole rings is 1. The molecule has 0 unspecified atom stereocenters. The van der Waals surface area contributed by atoms with Gasteiger partial charge >= 0.3 is 0 Å². The first kappa shape index (κ1) is 17.1. The number of anilines is 3. The molecule has 0 atom stereocenters. The molecule has 0 aliphatic rings. The van der Waals surface area contributed by atoms with Crippen LogP contribution < -0.4 is 10.6 Å². The fraction of sp³-hybridized carbons (Fsp3) is 0.158. The Morgan fingerprint density at radius 3 is 2.36 bits per heavy atom. The Balaban J connectivity index is 1.72. The van der Waals surface area contributed by atoms with Crippen molar-refractivity contribution in [3.63, 3.8) is 0 Å². The van der Waals surface area contributed by atoms with Gasteiger partial charge in [0.15, 0.2) is 5.13 Å². The fourth-order valence-corrected chi connectivity index (χ4v) is 3.21. The van der Waals surface area contributed by atoms with Crippen LogP contribution >= 0.6 is 11.3 Å². The summed E-state index contributed by atoms with van der Waals surface area (Å²) < 4.78 is 13.0. The number of nitrogens with one attached hydrogen (secondary N) is 2. The Morgan fingerprint density at radius 1 is 1.08 bits per heavy atom. The lowest BCUT2D eigenvalue weighted by Crippen LogP contribution is -2.11. The standard InChI is InChI=1S/C19H18FN3OS/c1-3-13-4-8-15(9-5-13)22-18(24)17-12(2)21-19(25-17)23-16-10-6-14(20)7-11-16/h4-11H,3H2,1-2H3,(H,21,23)(H,22,24). The molecular formula is C19H18FN3OS. The summed E-state index contributed by atoms with van der Waals surface area (Å²) in [6.45, 7) is 3.88. The Hall–Kier alpha value is -2.73. The summed E-state index contributed by atoms with van der Waals surface area (Å²) in [4.78, 5) is 17.4. The monoisotopic (exact) mass is 355 g/mol. The molecule has 1 aromatic heterocycles. The van der Waals surface area contributed by atoms with E-state index in [0.717, 1.165) is 17.8 Å². The molecule has 2 N–H and O–H groups in total. The Kier molecular flexibility index (Phi) is 5.09. The summed E-state index contributed by atoms with van der Waals surface area (Å²) in [5.41, 5.74) is 3.34. The van der Waals surface area contributed by atoms with Crippen molar-refractivity contribution in [2.75, 3.05) is 10.6 Å². The number of hydrogen-bond acceptors (Lipinski definition) is 4. The quantitative estimate of drug-likeness (QED) is 0.665. The van der Waals surface area contributed by atoms with E-state index in [1.807, 2.05) is 24.3 Å². The van der Waals surface area contributed by atoms with Gasteiger partial charge in [-0.3, -0.25) is 4.79 Å². The van der Waals surface area contributed by atoms with Crippen molar-refractivity contribution >= 4 is 33.8 Å². The molecule has 25 heavy (non-hydrogen) atoms. The second-order valence-corrected chi connectivity index (χ2v) is 6.57. The molecule has 0 saturated heterocycles. The van der Waals surface area contributed by atoms with Gasteiger partial charge in [-0.1, -0.05) is 30.4 Å². The zero-order valence-corrected chi connectivity index (χ0v) is 14.8. The molecule has 1 heterocycles. The summed E-state index contributed by atoms with van der Waals surface area (Å²) in [5.74, 6) is -0.485. The average molecular weight is 355 g/mol. The number of amides is 1. The predicted molar refractivity (Wildman–Crippen MR) is 100 cm³/mol. The number of aromatic nitrogens is 1. The first-order valence-corrected chi connectivity index (χ1v) is 8.77. The van der Waals surface area contributed by atoms with Gasteiger partial charge in [0.2, 0.25) is 0 Å². The van der Waals surface area contributed by atoms with E-state index >= 15 is 0 Å². The number of nitrogens with zero attached hydrogens (tertiary/aromatic N) is 1. The minimum absolute atomic E-state index is 0.189. The normalized spacial score (nSPS) is 10.5. The molecule has 0 aliphatic heterocycles. The van der Waals surface area contributed by atoms with Crippen LogP contribution in [0.4, 0.5) is 20.9 Å². The molecular weight excluding hydrogens is 337 g/mol. The van der Waals surface area contributed by atoms with Gasteiger partial charge in [-0.2, -0.15) is 0 Å². The van der Waals surface area contributed by atoms with Crippen molar-refractivity contribution in [2.45, 2.75) is 20.3 Å². The van der Waals surface area contributed by atoms with Gasteiger partial charge in [-0.05, 0) is 55.3 Å². The van der Waals surface area contributed by atoms with Gasteiger partial charge < -0.3 is 10.6 Å². The molecule has 1 amide bonds. The van der Waals surface area contributed by atoms with Crippen molar-refractivity contribution < 1.29 is 9.18 Å². The van der Waals surface area contributed by atoms with Gasteiger partial charge in [0.1, 0.15) is 10.7 Å². The lowest BCUT2D eigenvalue weighted by molar-refractivity contribution is 0.103. The third-order valence-corrected chi connectivity index (χ3v) is 4.79. The maximum absolute atomic E-state index is 13.0.